The van der Waals surface area contributed by atoms with Crippen LogP contribution in [0.3, 0.4) is 0 Å². The molecular formula is C15H10F3N3O. The molecule has 0 aliphatic heterocycles. The number of halogens is 3. The lowest BCUT2D eigenvalue weighted by Crippen LogP contribution is -2.17. The largest absolute Gasteiger partial charge is 0.573 e. The highest BCUT2D eigenvalue weighted by atomic mass is 19.4. The van der Waals surface area contributed by atoms with Gasteiger partial charge in [-0.3, -0.25) is 0 Å². The monoisotopic (exact) mass is 305 g/mol. The topological polar surface area (TPSA) is 39.9 Å². The first kappa shape index (κ1) is 14.1. The van der Waals surface area contributed by atoms with Gasteiger partial charge in [0.1, 0.15) is 12.1 Å². The molecule has 0 saturated carbocycles. The minimum atomic E-state index is -4.70. The molecule has 3 aromatic rings. The van der Waals surface area contributed by atoms with Crippen molar-refractivity contribution in [3.05, 3.63) is 60.9 Å². The molecule has 0 radical (unpaired) electrons. The van der Waals surface area contributed by atoms with Gasteiger partial charge >= 0.3 is 6.36 Å². The van der Waals surface area contributed by atoms with Crippen LogP contribution in [0, 0.1) is 0 Å². The minimum absolute atomic E-state index is 0.278. The molecule has 0 aliphatic rings. The highest BCUT2D eigenvalue weighted by Crippen LogP contribution is 2.23. The number of hydrogen-bond acceptors (Lipinski definition) is 3. The zero-order chi connectivity index (χ0) is 15.6. The molecule has 7 heteroatoms. The van der Waals surface area contributed by atoms with Crippen molar-refractivity contribution in [2.24, 2.45) is 0 Å². The lowest BCUT2D eigenvalue weighted by Gasteiger charge is -2.09. The number of hydrogen-bond donors (Lipinski definition) is 0. The van der Waals surface area contributed by atoms with Crippen molar-refractivity contribution in [1.82, 2.24) is 14.8 Å². The first-order chi connectivity index (χ1) is 10.5. The Morgan fingerprint density at radius 2 is 1.59 bits per heavy atom. The van der Waals surface area contributed by atoms with Crippen LogP contribution < -0.4 is 4.74 Å². The quantitative estimate of drug-likeness (QED) is 0.738. The summed E-state index contributed by atoms with van der Waals surface area (Å²) in [6.45, 7) is 0. The molecule has 3 rings (SSSR count). The molecule has 112 valence electrons. The highest BCUT2D eigenvalue weighted by molar-refractivity contribution is 5.54. The molecule has 2 aromatic carbocycles. The van der Waals surface area contributed by atoms with E-state index in [0.29, 0.717) is 11.5 Å². The van der Waals surface area contributed by atoms with Gasteiger partial charge in [-0.25, -0.2) is 9.67 Å². The first-order valence-corrected chi connectivity index (χ1v) is 6.34. The van der Waals surface area contributed by atoms with Gasteiger partial charge in [-0.15, -0.1) is 18.3 Å². The average Bonchev–Trinajstić information content (AvgIpc) is 2.97. The van der Waals surface area contributed by atoms with Crippen molar-refractivity contribution in [1.29, 1.82) is 0 Å². The summed E-state index contributed by atoms with van der Waals surface area (Å²) in [6, 6.07) is 14.8. The van der Waals surface area contributed by atoms with E-state index in [1.54, 1.807) is 0 Å². The van der Waals surface area contributed by atoms with Crippen molar-refractivity contribution < 1.29 is 17.9 Å². The number of aromatic nitrogens is 3. The predicted octanol–water partition coefficient (Wildman–Crippen LogP) is 3.83. The Morgan fingerprint density at radius 1 is 0.909 bits per heavy atom. The zero-order valence-corrected chi connectivity index (χ0v) is 11.2. The van der Waals surface area contributed by atoms with Gasteiger partial charge in [-0.1, -0.05) is 30.3 Å². The summed E-state index contributed by atoms with van der Waals surface area (Å²) in [5.74, 6) is 0.260. The first-order valence-electron chi connectivity index (χ1n) is 6.34. The fourth-order valence-corrected chi connectivity index (χ4v) is 1.91. The van der Waals surface area contributed by atoms with Gasteiger partial charge in [0.2, 0.25) is 0 Å². The van der Waals surface area contributed by atoms with Crippen LogP contribution in [0.5, 0.6) is 5.75 Å². The predicted molar refractivity (Wildman–Crippen MR) is 73.5 cm³/mol. The second kappa shape index (κ2) is 5.51. The molecule has 0 aliphatic carbocycles. The maximum atomic E-state index is 12.1. The van der Waals surface area contributed by atoms with E-state index >= 15 is 0 Å². The molecule has 4 nitrogen and oxygen atoms in total. The number of benzene rings is 2. The average molecular weight is 305 g/mol. The van der Waals surface area contributed by atoms with Gasteiger partial charge in [-0.05, 0) is 24.3 Å². The standard InChI is InChI=1S/C15H10F3N3O/c16-15(17,18)22-13-8-6-12(7-9-13)21-10-19-14(20-21)11-4-2-1-3-5-11/h1-10H. The second-order valence-corrected chi connectivity index (χ2v) is 4.42. The van der Waals surface area contributed by atoms with E-state index in [2.05, 4.69) is 14.8 Å². The van der Waals surface area contributed by atoms with E-state index in [1.165, 1.54) is 35.3 Å². The van der Waals surface area contributed by atoms with E-state index < -0.39 is 6.36 Å². The summed E-state index contributed by atoms with van der Waals surface area (Å²) in [5.41, 5.74) is 1.45. The van der Waals surface area contributed by atoms with E-state index in [0.717, 1.165) is 5.56 Å². The van der Waals surface area contributed by atoms with Crippen LogP contribution in [0.15, 0.2) is 60.9 Å². The lowest BCUT2D eigenvalue weighted by molar-refractivity contribution is -0.274. The van der Waals surface area contributed by atoms with Crippen molar-refractivity contribution in [2.45, 2.75) is 6.36 Å². The molecule has 1 heterocycles. The van der Waals surface area contributed by atoms with Crippen LogP contribution in [0.4, 0.5) is 13.2 Å². The molecule has 0 unspecified atom stereocenters. The number of nitrogens with zero attached hydrogens (tertiary/aromatic N) is 3. The summed E-state index contributed by atoms with van der Waals surface area (Å²) < 4.78 is 41.6. The number of ether oxygens (including phenoxy) is 1. The minimum Gasteiger partial charge on any atom is -0.406 e. The van der Waals surface area contributed by atoms with E-state index in [4.69, 9.17) is 0 Å². The molecule has 0 spiro atoms. The third kappa shape index (κ3) is 3.25. The zero-order valence-electron chi connectivity index (χ0n) is 11.2. The maximum absolute atomic E-state index is 12.1. The third-order valence-corrected chi connectivity index (χ3v) is 2.86. The fraction of sp³-hybridized carbons (Fsp3) is 0.0667. The summed E-state index contributed by atoms with van der Waals surface area (Å²) in [5, 5.41) is 4.30. The molecule has 22 heavy (non-hydrogen) atoms. The third-order valence-electron chi connectivity index (χ3n) is 2.86. The molecular weight excluding hydrogens is 295 g/mol. The molecule has 1 aromatic heterocycles. The smallest absolute Gasteiger partial charge is 0.406 e. The van der Waals surface area contributed by atoms with Gasteiger partial charge in [-0.2, -0.15) is 0 Å². The summed E-state index contributed by atoms with van der Waals surface area (Å²) in [7, 11) is 0. The van der Waals surface area contributed by atoms with E-state index in [1.807, 2.05) is 30.3 Å². The molecule has 0 fully saturated rings. The van der Waals surface area contributed by atoms with Gasteiger partial charge in [0.25, 0.3) is 0 Å². The SMILES string of the molecule is FC(F)(F)Oc1ccc(-n2cnc(-c3ccccc3)n2)cc1. The Balaban J connectivity index is 1.82. The van der Waals surface area contributed by atoms with Crippen LogP contribution in [-0.4, -0.2) is 21.1 Å². The van der Waals surface area contributed by atoms with Crippen LogP contribution in [0.2, 0.25) is 0 Å². The van der Waals surface area contributed by atoms with Gasteiger partial charge in [0, 0.05) is 5.56 Å². The maximum Gasteiger partial charge on any atom is 0.573 e. The summed E-state index contributed by atoms with van der Waals surface area (Å²) in [6.07, 6.45) is -3.20. The Bertz CT molecular complexity index is 752. The van der Waals surface area contributed by atoms with Gasteiger partial charge < -0.3 is 4.74 Å². The van der Waals surface area contributed by atoms with Crippen LogP contribution in [0.1, 0.15) is 0 Å². The normalized spacial score (nSPS) is 11.4. The fourth-order valence-electron chi connectivity index (χ4n) is 1.91. The highest BCUT2D eigenvalue weighted by Gasteiger charge is 2.30. The van der Waals surface area contributed by atoms with Crippen molar-refractivity contribution in [2.75, 3.05) is 0 Å². The van der Waals surface area contributed by atoms with Gasteiger partial charge in [0.15, 0.2) is 5.82 Å². The molecule has 0 N–H and O–H groups in total. The molecule has 0 saturated heterocycles. The Kier molecular flexibility index (Phi) is 3.54. The van der Waals surface area contributed by atoms with Crippen molar-refractivity contribution >= 4 is 0 Å². The van der Waals surface area contributed by atoms with Crippen molar-refractivity contribution in [3.8, 4) is 22.8 Å². The summed E-state index contributed by atoms with van der Waals surface area (Å²) in [4.78, 5) is 4.19. The van der Waals surface area contributed by atoms with Crippen LogP contribution >= 0.6 is 0 Å². The lowest BCUT2D eigenvalue weighted by atomic mass is 10.2. The van der Waals surface area contributed by atoms with E-state index in [9.17, 15) is 13.2 Å². The van der Waals surface area contributed by atoms with Gasteiger partial charge in [0.05, 0.1) is 5.69 Å². The molecule has 0 bridgehead atoms. The number of rotatable bonds is 3. The van der Waals surface area contributed by atoms with Crippen LogP contribution in [0.25, 0.3) is 17.1 Å². The van der Waals surface area contributed by atoms with E-state index in [-0.39, 0.29) is 5.75 Å². The Morgan fingerprint density at radius 3 is 2.23 bits per heavy atom. The molecule has 0 atom stereocenters. The Hall–Kier alpha value is -2.83. The Labute approximate surface area is 123 Å². The second-order valence-electron chi connectivity index (χ2n) is 4.42. The summed E-state index contributed by atoms with van der Waals surface area (Å²) >= 11 is 0. The van der Waals surface area contributed by atoms with Crippen molar-refractivity contribution in [3.63, 3.8) is 0 Å². The van der Waals surface area contributed by atoms with Crippen LogP contribution in [-0.2, 0) is 0 Å². The molecule has 0 amide bonds. The number of alkyl halides is 3.